The fourth-order valence-corrected chi connectivity index (χ4v) is 0.581. The van der Waals surface area contributed by atoms with Gasteiger partial charge in [0.15, 0.2) is 0 Å². The molecule has 0 saturated carbocycles. The van der Waals surface area contributed by atoms with Crippen molar-refractivity contribution in [3.63, 3.8) is 0 Å². The van der Waals surface area contributed by atoms with E-state index in [1.54, 1.807) is 0 Å². The summed E-state index contributed by atoms with van der Waals surface area (Å²) in [7, 11) is 0. The van der Waals surface area contributed by atoms with E-state index in [1.165, 1.54) is 0 Å². The molecule has 1 atom stereocenters. The maximum atomic E-state index is 10.8. The number of rotatable bonds is 5. The smallest absolute Gasteiger partial charge is 0.323 e. The van der Waals surface area contributed by atoms with Crippen molar-refractivity contribution in [1.82, 2.24) is 0 Å². The van der Waals surface area contributed by atoms with E-state index in [9.17, 15) is 9.59 Å². The molecule has 0 aromatic heterocycles. The van der Waals surface area contributed by atoms with Gasteiger partial charge >= 0.3 is 11.9 Å². The van der Waals surface area contributed by atoms with Crippen LogP contribution in [0.5, 0.6) is 0 Å². The standard InChI is InChI=1S/C7H13NO4/c1-2-3-12-7(11)5(8)4-6(9)10/h5H,2-4,8H2,1H3,(H,9,10). The lowest BCUT2D eigenvalue weighted by atomic mass is 10.2. The molecular weight excluding hydrogens is 162 g/mol. The summed E-state index contributed by atoms with van der Waals surface area (Å²) < 4.78 is 4.63. The van der Waals surface area contributed by atoms with Gasteiger partial charge in [0.25, 0.3) is 0 Å². The summed E-state index contributed by atoms with van der Waals surface area (Å²) in [6.45, 7) is 2.13. The van der Waals surface area contributed by atoms with E-state index in [0.29, 0.717) is 6.42 Å². The summed E-state index contributed by atoms with van der Waals surface area (Å²) in [6.07, 6.45) is 0.314. The first kappa shape index (κ1) is 10.9. The van der Waals surface area contributed by atoms with E-state index in [0.717, 1.165) is 0 Å². The number of carboxylic acids is 1. The minimum atomic E-state index is -1.10. The van der Waals surface area contributed by atoms with E-state index in [-0.39, 0.29) is 13.0 Å². The quantitative estimate of drug-likeness (QED) is 0.562. The molecule has 0 spiro atoms. The second-order valence-corrected chi connectivity index (χ2v) is 2.37. The highest BCUT2D eigenvalue weighted by Gasteiger charge is 2.17. The van der Waals surface area contributed by atoms with Gasteiger partial charge in [-0.25, -0.2) is 0 Å². The maximum absolute atomic E-state index is 10.8. The Bertz CT molecular complexity index is 169. The van der Waals surface area contributed by atoms with Crippen LogP contribution in [0.25, 0.3) is 0 Å². The lowest BCUT2D eigenvalue weighted by Crippen LogP contribution is -2.34. The predicted molar refractivity (Wildman–Crippen MR) is 41.5 cm³/mol. The average Bonchev–Trinajstić information content (AvgIpc) is 1.98. The minimum absolute atomic E-state index is 0.284. The van der Waals surface area contributed by atoms with Gasteiger partial charge in [-0.05, 0) is 6.42 Å². The Labute approximate surface area is 70.5 Å². The topological polar surface area (TPSA) is 89.6 Å². The summed E-state index contributed by atoms with van der Waals surface area (Å²) in [5.74, 6) is -1.75. The molecule has 0 aromatic rings. The zero-order chi connectivity index (χ0) is 9.56. The fraction of sp³-hybridized carbons (Fsp3) is 0.714. The van der Waals surface area contributed by atoms with E-state index >= 15 is 0 Å². The molecule has 0 fully saturated rings. The first-order valence-corrected chi connectivity index (χ1v) is 3.72. The fourth-order valence-electron chi connectivity index (χ4n) is 0.581. The van der Waals surface area contributed by atoms with Gasteiger partial charge in [-0.2, -0.15) is 0 Å². The van der Waals surface area contributed by atoms with Crippen LogP contribution in [-0.2, 0) is 14.3 Å². The van der Waals surface area contributed by atoms with Crippen molar-refractivity contribution in [1.29, 1.82) is 0 Å². The van der Waals surface area contributed by atoms with Gasteiger partial charge < -0.3 is 15.6 Å². The number of hydrogen-bond acceptors (Lipinski definition) is 4. The Morgan fingerprint density at radius 2 is 2.17 bits per heavy atom. The van der Waals surface area contributed by atoms with Gasteiger partial charge in [0.1, 0.15) is 6.04 Å². The van der Waals surface area contributed by atoms with Crippen molar-refractivity contribution in [2.45, 2.75) is 25.8 Å². The first-order chi connectivity index (χ1) is 5.57. The zero-order valence-electron chi connectivity index (χ0n) is 6.95. The summed E-state index contributed by atoms with van der Waals surface area (Å²) in [4.78, 5) is 20.9. The van der Waals surface area contributed by atoms with Gasteiger partial charge in [0.2, 0.25) is 0 Å². The number of aliphatic carboxylic acids is 1. The lowest BCUT2D eigenvalue weighted by Gasteiger charge is -2.07. The van der Waals surface area contributed by atoms with Gasteiger partial charge in [0.05, 0.1) is 13.0 Å². The van der Waals surface area contributed by atoms with E-state index in [1.807, 2.05) is 6.92 Å². The molecule has 1 unspecified atom stereocenters. The molecule has 0 aliphatic heterocycles. The van der Waals surface area contributed by atoms with Crippen LogP contribution in [0.2, 0.25) is 0 Å². The second-order valence-electron chi connectivity index (χ2n) is 2.37. The number of carbonyl (C=O) groups is 2. The van der Waals surface area contributed by atoms with Crippen molar-refractivity contribution in [3.8, 4) is 0 Å². The summed E-state index contributed by atoms with van der Waals surface area (Å²) >= 11 is 0. The third kappa shape index (κ3) is 4.68. The molecule has 0 heterocycles. The van der Waals surface area contributed by atoms with Crippen molar-refractivity contribution < 1.29 is 19.4 Å². The SMILES string of the molecule is CCCOC(=O)C(N)CC(=O)O. The molecule has 3 N–H and O–H groups in total. The Morgan fingerprint density at radius 3 is 2.58 bits per heavy atom. The van der Waals surface area contributed by atoms with Crippen LogP contribution in [0, 0.1) is 0 Å². The molecular formula is C7H13NO4. The van der Waals surface area contributed by atoms with Crippen molar-refractivity contribution in [3.05, 3.63) is 0 Å². The number of ether oxygens (including phenoxy) is 1. The van der Waals surface area contributed by atoms with Crippen LogP contribution in [0.3, 0.4) is 0 Å². The number of carboxylic acid groups (broad SMARTS) is 1. The zero-order valence-corrected chi connectivity index (χ0v) is 6.95. The van der Waals surface area contributed by atoms with Gasteiger partial charge in [-0.3, -0.25) is 9.59 Å². The van der Waals surface area contributed by atoms with Crippen LogP contribution >= 0.6 is 0 Å². The third-order valence-corrected chi connectivity index (χ3v) is 1.15. The lowest BCUT2D eigenvalue weighted by molar-refractivity contribution is -0.149. The summed E-state index contributed by atoms with van der Waals surface area (Å²) in [5.41, 5.74) is 5.20. The van der Waals surface area contributed by atoms with Gasteiger partial charge in [-0.15, -0.1) is 0 Å². The number of esters is 1. The van der Waals surface area contributed by atoms with Crippen LogP contribution in [0.1, 0.15) is 19.8 Å². The number of hydrogen-bond donors (Lipinski definition) is 2. The van der Waals surface area contributed by atoms with E-state index < -0.39 is 18.0 Å². The molecule has 0 amide bonds. The van der Waals surface area contributed by atoms with Crippen molar-refractivity contribution >= 4 is 11.9 Å². The Hall–Kier alpha value is -1.10. The molecule has 0 bridgehead atoms. The molecule has 12 heavy (non-hydrogen) atoms. The molecule has 0 rings (SSSR count). The monoisotopic (exact) mass is 175 g/mol. The normalized spacial score (nSPS) is 12.2. The minimum Gasteiger partial charge on any atom is -0.481 e. The highest BCUT2D eigenvalue weighted by molar-refractivity contribution is 5.81. The molecule has 0 aliphatic carbocycles. The molecule has 0 radical (unpaired) electrons. The molecule has 5 heteroatoms. The molecule has 5 nitrogen and oxygen atoms in total. The Balaban J connectivity index is 3.69. The average molecular weight is 175 g/mol. The maximum Gasteiger partial charge on any atom is 0.323 e. The largest absolute Gasteiger partial charge is 0.481 e. The van der Waals surface area contributed by atoms with Crippen LogP contribution in [0.4, 0.5) is 0 Å². The molecule has 0 saturated heterocycles. The van der Waals surface area contributed by atoms with Gasteiger partial charge in [0, 0.05) is 0 Å². The number of carbonyl (C=O) groups excluding carboxylic acids is 1. The molecule has 0 aromatic carbocycles. The highest BCUT2D eigenvalue weighted by Crippen LogP contribution is 1.93. The van der Waals surface area contributed by atoms with Crippen molar-refractivity contribution in [2.75, 3.05) is 6.61 Å². The van der Waals surface area contributed by atoms with E-state index in [2.05, 4.69) is 4.74 Å². The van der Waals surface area contributed by atoms with E-state index in [4.69, 9.17) is 10.8 Å². The third-order valence-electron chi connectivity index (χ3n) is 1.15. The molecule has 0 aliphatic rings. The van der Waals surface area contributed by atoms with Crippen molar-refractivity contribution in [2.24, 2.45) is 5.73 Å². The van der Waals surface area contributed by atoms with Crippen LogP contribution < -0.4 is 5.73 Å². The predicted octanol–water partition coefficient (Wildman–Crippen LogP) is -0.258. The Morgan fingerprint density at radius 1 is 1.58 bits per heavy atom. The highest BCUT2D eigenvalue weighted by atomic mass is 16.5. The second kappa shape index (κ2) is 5.54. The van der Waals surface area contributed by atoms with Crippen LogP contribution in [-0.4, -0.2) is 29.7 Å². The summed E-state index contributed by atoms with van der Waals surface area (Å²) in [5, 5.41) is 8.27. The Kier molecular flexibility index (Phi) is 5.03. The number of nitrogens with two attached hydrogens (primary N) is 1. The molecule has 70 valence electrons. The van der Waals surface area contributed by atoms with Crippen LogP contribution in [0.15, 0.2) is 0 Å². The summed E-state index contributed by atoms with van der Waals surface area (Å²) in [6, 6.07) is -1.05. The first-order valence-electron chi connectivity index (χ1n) is 3.72. The van der Waals surface area contributed by atoms with Gasteiger partial charge in [-0.1, -0.05) is 6.92 Å².